The molecule has 0 amide bonds. The van der Waals surface area contributed by atoms with E-state index in [2.05, 4.69) is 46.0 Å². The van der Waals surface area contributed by atoms with Crippen molar-refractivity contribution in [2.45, 2.75) is 53.0 Å². The summed E-state index contributed by atoms with van der Waals surface area (Å²) in [5, 5.41) is 3.35. The molecule has 0 aliphatic rings. The first kappa shape index (κ1) is 15.9. The maximum Gasteiger partial charge on any atom is 0.164 e. The van der Waals surface area contributed by atoms with Gasteiger partial charge in [-0.05, 0) is 44.7 Å². The van der Waals surface area contributed by atoms with Crippen LogP contribution in [-0.4, -0.2) is 17.9 Å². The molecule has 1 N–H and O–H groups in total. The molecule has 0 aliphatic heterocycles. The molecule has 0 bridgehead atoms. The average Bonchev–Trinajstić information content (AvgIpc) is 2.26. The Morgan fingerprint density at radius 3 is 2.53 bits per heavy atom. The van der Waals surface area contributed by atoms with Crippen molar-refractivity contribution in [2.24, 2.45) is 5.92 Å². The SMILES string of the molecule is CC(C)Cc1cccc(C(=O)CCNC(C)(C)C)c1. The lowest BCUT2D eigenvalue weighted by molar-refractivity contribution is 0.0980. The number of hydrogen-bond donors (Lipinski definition) is 1. The Hall–Kier alpha value is -1.15. The highest BCUT2D eigenvalue weighted by molar-refractivity contribution is 5.96. The van der Waals surface area contributed by atoms with Crippen LogP contribution in [0.4, 0.5) is 0 Å². The van der Waals surface area contributed by atoms with Crippen LogP contribution < -0.4 is 5.32 Å². The van der Waals surface area contributed by atoms with E-state index in [1.807, 2.05) is 18.2 Å². The van der Waals surface area contributed by atoms with E-state index in [1.165, 1.54) is 5.56 Å². The molecule has 0 aromatic heterocycles. The summed E-state index contributed by atoms with van der Waals surface area (Å²) in [5.41, 5.74) is 2.17. The van der Waals surface area contributed by atoms with Crippen molar-refractivity contribution in [1.29, 1.82) is 0 Å². The van der Waals surface area contributed by atoms with Gasteiger partial charge in [0, 0.05) is 24.1 Å². The third kappa shape index (κ3) is 6.53. The molecular formula is C17H27NO. The van der Waals surface area contributed by atoms with Gasteiger partial charge in [-0.3, -0.25) is 4.79 Å². The molecule has 0 unspecified atom stereocenters. The maximum atomic E-state index is 12.1. The molecule has 1 rings (SSSR count). The minimum Gasteiger partial charge on any atom is -0.312 e. The zero-order valence-electron chi connectivity index (χ0n) is 12.9. The second kappa shape index (κ2) is 6.85. The second-order valence-corrected chi connectivity index (χ2v) is 6.65. The van der Waals surface area contributed by atoms with Crippen molar-refractivity contribution >= 4 is 5.78 Å². The van der Waals surface area contributed by atoms with Gasteiger partial charge in [0.25, 0.3) is 0 Å². The fraction of sp³-hybridized carbons (Fsp3) is 0.588. The Balaban J connectivity index is 2.57. The van der Waals surface area contributed by atoms with Crippen LogP contribution in [0.3, 0.4) is 0 Å². The van der Waals surface area contributed by atoms with Crippen LogP contribution in [0.25, 0.3) is 0 Å². The standard InChI is InChI=1S/C17H27NO/c1-13(2)11-14-7-6-8-15(12-14)16(19)9-10-18-17(3,4)5/h6-8,12-13,18H,9-11H2,1-5H3. The van der Waals surface area contributed by atoms with Gasteiger partial charge in [0.15, 0.2) is 5.78 Å². The zero-order valence-corrected chi connectivity index (χ0v) is 12.9. The van der Waals surface area contributed by atoms with Crippen LogP contribution >= 0.6 is 0 Å². The quantitative estimate of drug-likeness (QED) is 0.788. The van der Waals surface area contributed by atoms with Crippen molar-refractivity contribution < 1.29 is 4.79 Å². The molecule has 0 heterocycles. The summed E-state index contributed by atoms with van der Waals surface area (Å²) in [7, 11) is 0. The van der Waals surface area contributed by atoms with Crippen molar-refractivity contribution in [3.05, 3.63) is 35.4 Å². The Morgan fingerprint density at radius 2 is 1.95 bits per heavy atom. The molecule has 0 saturated heterocycles. The largest absolute Gasteiger partial charge is 0.312 e. The summed E-state index contributed by atoms with van der Waals surface area (Å²) in [5.74, 6) is 0.843. The van der Waals surface area contributed by atoms with Gasteiger partial charge in [0.2, 0.25) is 0 Å². The number of ketones is 1. The monoisotopic (exact) mass is 261 g/mol. The lowest BCUT2D eigenvalue weighted by atomic mass is 9.99. The van der Waals surface area contributed by atoms with Crippen molar-refractivity contribution in [3.8, 4) is 0 Å². The zero-order chi connectivity index (χ0) is 14.5. The highest BCUT2D eigenvalue weighted by Crippen LogP contribution is 2.12. The summed E-state index contributed by atoms with van der Waals surface area (Å²) in [6.45, 7) is 11.5. The predicted octanol–water partition coefficient (Wildman–Crippen LogP) is 3.85. The summed E-state index contributed by atoms with van der Waals surface area (Å²) in [4.78, 5) is 12.1. The second-order valence-electron chi connectivity index (χ2n) is 6.65. The molecule has 0 aliphatic carbocycles. The lowest BCUT2D eigenvalue weighted by Gasteiger charge is -2.20. The molecule has 1 aromatic carbocycles. The van der Waals surface area contributed by atoms with Gasteiger partial charge in [-0.25, -0.2) is 0 Å². The molecule has 2 nitrogen and oxygen atoms in total. The summed E-state index contributed by atoms with van der Waals surface area (Å²) >= 11 is 0. The molecule has 2 heteroatoms. The normalized spacial score (nSPS) is 11.9. The van der Waals surface area contributed by atoms with Gasteiger partial charge in [0.1, 0.15) is 0 Å². The third-order valence-corrected chi connectivity index (χ3v) is 2.90. The molecule has 0 spiro atoms. The number of rotatable bonds is 6. The van der Waals surface area contributed by atoms with Crippen molar-refractivity contribution in [2.75, 3.05) is 6.54 Å². The Morgan fingerprint density at radius 1 is 1.26 bits per heavy atom. The number of carbonyl (C=O) groups is 1. The molecule has 19 heavy (non-hydrogen) atoms. The molecule has 1 aromatic rings. The van der Waals surface area contributed by atoms with Crippen molar-refractivity contribution in [1.82, 2.24) is 5.32 Å². The predicted molar refractivity (Wildman–Crippen MR) is 81.7 cm³/mol. The first-order valence-corrected chi connectivity index (χ1v) is 7.15. The highest BCUT2D eigenvalue weighted by atomic mass is 16.1. The van der Waals surface area contributed by atoms with Crippen LogP contribution in [0.1, 0.15) is 57.0 Å². The van der Waals surface area contributed by atoms with E-state index in [9.17, 15) is 4.79 Å². The maximum absolute atomic E-state index is 12.1. The van der Waals surface area contributed by atoms with Gasteiger partial charge in [-0.15, -0.1) is 0 Å². The number of Topliss-reactive ketones (excluding diaryl/α,β-unsaturated/α-hetero) is 1. The van der Waals surface area contributed by atoms with Gasteiger partial charge in [-0.1, -0.05) is 32.0 Å². The summed E-state index contributed by atoms with van der Waals surface area (Å²) in [6, 6.07) is 8.05. The highest BCUT2D eigenvalue weighted by Gasteiger charge is 2.11. The van der Waals surface area contributed by atoms with Crippen molar-refractivity contribution in [3.63, 3.8) is 0 Å². The topological polar surface area (TPSA) is 29.1 Å². The number of benzene rings is 1. The molecule has 0 radical (unpaired) electrons. The van der Waals surface area contributed by atoms with Crippen LogP contribution in [0.15, 0.2) is 24.3 Å². The molecule has 0 atom stereocenters. The van der Waals surface area contributed by atoms with Crippen LogP contribution in [0.5, 0.6) is 0 Å². The number of hydrogen-bond acceptors (Lipinski definition) is 2. The third-order valence-electron chi connectivity index (χ3n) is 2.90. The molecular weight excluding hydrogens is 234 g/mol. The lowest BCUT2D eigenvalue weighted by Crippen LogP contribution is -2.37. The Bertz CT molecular complexity index is 416. The Kier molecular flexibility index (Phi) is 5.74. The van der Waals surface area contributed by atoms with E-state index in [0.29, 0.717) is 12.3 Å². The number of carbonyl (C=O) groups excluding carboxylic acids is 1. The minimum absolute atomic E-state index is 0.0692. The van der Waals surface area contributed by atoms with E-state index >= 15 is 0 Å². The summed E-state index contributed by atoms with van der Waals surface area (Å²) in [6.07, 6.45) is 1.59. The first-order chi connectivity index (χ1) is 8.78. The molecule has 0 saturated carbocycles. The van der Waals surface area contributed by atoms with E-state index in [0.717, 1.165) is 18.5 Å². The summed E-state index contributed by atoms with van der Waals surface area (Å²) < 4.78 is 0. The smallest absolute Gasteiger partial charge is 0.164 e. The van der Waals surface area contributed by atoms with Crippen LogP contribution in [0, 0.1) is 5.92 Å². The molecule has 0 fully saturated rings. The fourth-order valence-electron chi connectivity index (χ4n) is 2.04. The van der Waals surface area contributed by atoms with Crippen LogP contribution in [-0.2, 0) is 6.42 Å². The average molecular weight is 261 g/mol. The fourth-order valence-corrected chi connectivity index (χ4v) is 2.04. The molecule has 106 valence electrons. The van der Waals surface area contributed by atoms with Crippen LogP contribution in [0.2, 0.25) is 0 Å². The van der Waals surface area contributed by atoms with Gasteiger partial charge in [0.05, 0.1) is 0 Å². The Labute approximate surface area is 117 Å². The van der Waals surface area contributed by atoms with Gasteiger partial charge < -0.3 is 5.32 Å². The van der Waals surface area contributed by atoms with Gasteiger partial charge in [-0.2, -0.15) is 0 Å². The van der Waals surface area contributed by atoms with E-state index in [1.54, 1.807) is 0 Å². The van der Waals surface area contributed by atoms with E-state index < -0.39 is 0 Å². The van der Waals surface area contributed by atoms with Gasteiger partial charge >= 0.3 is 0 Å². The minimum atomic E-state index is 0.0692. The van der Waals surface area contributed by atoms with E-state index in [4.69, 9.17) is 0 Å². The first-order valence-electron chi connectivity index (χ1n) is 7.15. The number of nitrogens with one attached hydrogen (secondary N) is 1. The van der Waals surface area contributed by atoms with E-state index in [-0.39, 0.29) is 11.3 Å².